The zero-order valence-electron chi connectivity index (χ0n) is 17.8. The van der Waals surface area contributed by atoms with Gasteiger partial charge in [0.05, 0.1) is 6.04 Å². The van der Waals surface area contributed by atoms with Gasteiger partial charge in [-0.3, -0.25) is 9.59 Å². The Morgan fingerprint density at radius 1 is 1.00 bits per heavy atom. The highest BCUT2D eigenvalue weighted by molar-refractivity contribution is 5.98. The third kappa shape index (κ3) is 4.69. The number of halogens is 2. The number of hydrogen-bond acceptors (Lipinski definition) is 2. The Bertz CT molecular complexity index is 1160. The normalized spacial score (nSPS) is 13.5. The molecule has 6 heteroatoms. The highest BCUT2D eigenvalue weighted by Gasteiger charge is 2.25. The predicted molar refractivity (Wildman–Crippen MR) is 120 cm³/mol. The Kier molecular flexibility index (Phi) is 6.30. The lowest BCUT2D eigenvalue weighted by Gasteiger charge is -2.20. The molecule has 1 aliphatic heterocycles. The quantitative estimate of drug-likeness (QED) is 0.595. The summed E-state index contributed by atoms with van der Waals surface area (Å²) < 4.78 is 27.5. The molecule has 0 aliphatic carbocycles. The van der Waals surface area contributed by atoms with Crippen molar-refractivity contribution in [2.75, 3.05) is 11.4 Å². The molecule has 0 bridgehead atoms. The van der Waals surface area contributed by atoms with Crippen molar-refractivity contribution in [2.24, 2.45) is 0 Å². The number of amides is 2. The number of rotatable bonds is 6. The maximum absolute atomic E-state index is 13.9. The molecule has 3 aromatic rings. The van der Waals surface area contributed by atoms with E-state index in [-0.39, 0.29) is 17.6 Å². The number of carbonyl (C=O) groups excluding carboxylic acids is 2. The molecule has 1 unspecified atom stereocenters. The minimum absolute atomic E-state index is 0.0576. The number of benzene rings is 3. The van der Waals surface area contributed by atoms with Crippen molar-refractivity contribution in [3.05, 3.63) is 101 Å². The van der Waals surface area contributed by atoms with Crippen LogP contribution in [0.4, 0.5) is 14.5 Å². The summed E-state index contributed by atoms with van der Waals surface area (Å²) in [6, 6.07) is 17.0. The fourth-order valence-corrected chi connectivity index (χ4v) is 4.11. The number of nitrogens with zero attached hydrogens (tertiary/aromatic N) is 1. The van der Waals surface area contributed by atoms with Gasteiger partial charge in [-0.2, -0.15) is 0 Å². The number of nitrogens with one attached hydrogen (secondary N) is 1. The van der Waals surface area contributed by atoms with Crippen LogP contribution in [-0.2, 0) is 17.6 Å². The van der Waals surface area contributed by atoms with E-state index in [4.69, 9.17) is 0 Å². The van der Waals surface area contributed by atoms with Crippen LogP contribution < -0.4 is 10.2 Å². The Morgan fingerprint density at radius 2 is 1.75 bits per heavy atom. The van der Waals surface area contributed by atoms with Gasteiger partial charge < -0.3 is 10.2 Å². The predicted octanol–water partition coefficient (Wildman–Crippen LogP) is 4.98. The van der Waals surface area contributed by atoms with Gasteiger partial charge in [0.25, 0.3) is 5.91 Å². The van der Waals surface area contributed by atoms with E-state index in [2.05, 4.69) is 5.32 Å². The van der Waals surface area contributed by atoms with Crippen LogP contribution in [0.3, 0.4) is 0 Å². The van der Waals surface area contributed by atoms with Gasteiger partial charge in [0.1, 0.15) is 11.6 Å². The van der Waals surface area contributed by atoms with Gasteiger partial charge in [-0.05, 0) is 72.0 Å². The van der Waals surface area contributed by atoms with Gasteiger partial charge in [-0.25, -0.2) is 8.78 Å². The van der Waals surface area contributed by atoms with Gasteiger partial charge in [0.15, 0.2) is 0 Å². The second-order valence-electron chi connectivity index (χ2n) is 7.91. The molecule has 1 atom stereocenters. The lowest BCUT2D eigenvalue weighted by Crippen LogP contribution is -2.30. The molecule has 32 heavy (non-hydrogen) atoms. The van der Waals surface area contributed by atoms with Crippen molar-refractivity contribution >= 4 is 17.5 Å². The average molecular weight is 434 g/mol. The summed E-state index contributed by atoms with van der Waals surface area (Å²) in [7, 11) is 0. The van der Waals surface area contributed by atoms with Gasteiger partial charge in [-0.1, -0.05) is 31.2 Å². The Hall–Kier alpha value is -3.54. The molecular formula is C26H24F2N2O2. The monoisotopic (exact) mass is 434 g/mol. The van der Waals surface area contributed by atoms with Crippen LogP contribution in [0.5, 0.6) is 0 Å². The number of hydrogen-bond donors (Lipinski definition) is 1. The zero-order chi connectivity index (χ0) is 22.7. The second-order valence-corrected chi connectivity index (χ2v) is 7.91. The number of fused-ring (bicyclic) bond motifs is 1. The Labute approximate surface area is 185 Å². The van der Waals surface area contributed by atoms with E-state index in [9.17, 15) is 18.4 Å². The highest BCUT2D eigenvalue weighted by Crippen LogP contribution is 2.30. The van der Waals surface area contributed by atoms with E-state index in [0.717, 1.165) is 11.3 Å². The van der Waals surface area contributed by atoms with Crippen molar-refractivity contribution in [1.82, 2.24) is 5.32 Å². The molecule has 0 saturated heterocycles. The van der Waals surface area contributed by atoms with Gasteiger partial charge in [0, 0.05) is 24.2 Å². The van der Waals surface area contributed by atoms with Crippen molar-refractivity contribution in [2.45, 2.75) is 32.2 Å². The topological polar surface area (TPSA) is 49.4 Å². The molecule has 0 fully saturated rings. The SMILES string of the molecule is CCC(=O)N1CCc2cc(C(=O)NC(Cc3cccc(F)c3)c3cccc(F)c3)ccc21. The maximum Gasteiger partial charge on any atom is 0.251 e. The fourth-order valence-electron chi connectivity index (χ4n) is 4.11. The van der Waals surface area contributed by atoms with E-state index in [1.807, 2.05) is 6.92 Å². The molecule has 0 saturated carbocycles. The van der Waals surface area contributed by atoms with Crippen LogP contribution in [0.15, 0.2) is 66.7 Å². The first-order chi connectivity index (χ1) is 15.4. The Morgan fingerprint density at radius 3 is 2.47 bits per heavy atom. The van der Waals surface area contributed by atoms with Gasteiger partial charge >= 0.3 is 0 Å². The number of carbonyl (C=O) groups is 2. The largest absolute Gasteiger partial charge is 0.345 e. The van der Waals surface area contributed by atoms with E-state index in [0.29, 0.717) is 42.5 Å². The van der Waals surface area contributed by atoms with Crippen LogP contribution in [0.25, 0.3) is 0 Å². The average Bonchev–Trinajstić information content (AvgIpc) is 3.21. The van der Waals surface area contributed by atoms with E-state index in [1.165, 1.54) is 24.3 Å². The summed E-state index contributed by atoms with van der Waals surface area (Å²) in [5.41, 5.74) is 3.56. The maximum atomic E-state index is 13.9. The van der Waals surface area contributed by atoms with Crippen LogP contribution >= 0.6 is 0 Å². The third-order valence-corrected chi connectivity index (χ3v) is 5.73. The molecular weight excluding hydrogens is 410 g/mol. The molecule has 4 nitrogen and oxygen atoms in total. The summed E-state index contributed by atoms with van der Waals surface area (Å²) in [4.78, 5) is 26.9. The minimum Gasteiger partial charge on any atom is -0.345 e. The first kappa shape index (κ1) is 21.7. The van der Waals surface area contributed by atoms with E-state index in [1.54, 1.807) is 47.4 Å². The van der Waals surface area contributed by atoms with Gasteiger partial charge in [0.2, 0.25) is 5.91 Å². The molecule has 1 aliphatic rings. The van der Waals surface area contributed by atoms with E-state index >= 15 is 0 Å². The van der Waals surface area contributed by atoms with Crippen LogP contribution in [0, 0.1) is 11.6 Å². The van der Waals surface area contributed by atoms with Crippen LogP contribution in [0.2, 0.25) is 0 Å². The van der Waals surface area contributed by atoms with Gasteiger partial charge in [-0.15, -0.1) is 0 Å². The molecule has 0 radical (unpaired) electrons. The smallest absolute Gasteiger partial charge is 0.251 e. The van der Waals surface area contributed by atoms with Crippen molar-refractivity contribution in [3.8, 4) is 0 Å². The first-order valence-electron chi connectivity index (χ1n) is 10.7. The molecule has 0 aromatic heterocycles. The minimum atomic E-state index is -0.536. The molecule has 3 aromatic carbocycles. The molecule has 164 valence electrons. The summed E-state index contributed by atoms with van der Waals surface area (Å²) in [5, 5.41) is 2.97. The van der Waals surface area contributed by atoms with Crippen molar-refractivity contribution < 1.29 is 18.4 Å². The van der Waals surface area contributed by atoms with Crippen molar-refractivity contribution in [1.29, 1.82) is 0 Å². The second kappa shape index (κ2) is 9.30. The third-order valence-electron chi connectivity index (χ3n) is 5.73. The molecule has 0 spiro atoms. The molecule has 1 N–H and O–H groups in total. The summed E-state index contributed by atoms with van der Waals surface area (Å²) in [6.45, 7) is 2.44. The van der Waals surface area contributed by atoms with E-state index < -0.39 is 11.9 Å². The molecule has 1 heterocycles. The zero-order valence-corrected chi connectivity index (χ0v) is 17.8. The van der Waals surface area contributed by atoms with Crippen LogP contribution in [0.1, 0.15) is 46.4 Å². The molecule has 2 amide bonds. The Balaban J connectivity index is 1.58. The molecule has 4 rings (SSSR count). The van der Waals surface area contributed by atoms with Crippen LogP contribution in [-0.4, -0.2) is 18.4 Å². The standard InChI is InChI=1S/C26H24F2N2O2/c1-2-25(31)30-12-11-19-15-20(9-10-24(19)30)26(32)29-23(18-6-4-8-22(28)16-18)14-17-5-3-7-21(27)13-17/h3-10,13,15-16,23H,2,11-12,14H2,1H3,(H,29,32). The number of anilines is 1. The summed E-state index contributed by atoms with van der Waals surface area (Å²) in [6.07, 6.45) is 1.44. The first-order valence-corrected chi connectivity index (χ1v) is 10.7. The fraction of sp³-hybridized carbons (Fsp3) is 0.231. The highest BCUT2D eigenvalue weighted by atomic mass is 19.1. The lowest BCUT2D eigenvalue weighted by atomic mass is 9.98. The summed E-state index contributed by atoms with van der Waals surface area (Å²) in [5.74, 6) is -1.02. The summed E-state index contributed by atoms with van der Waals surface area (Å²) >= 11 is 0. The lowest BCUT2D eigenvalue weighted by molar-refractivity contribution is -0.118. The van der Waals surface area contributed by atoms with Crippen molar-refractivity contribution in [3.63, 3.8) is 0 Å².